The summed E-state index contributed by atoms with van der Waals surface area (Å²) in [5.41, 5.74) is 0. The van der Waals surface area contributed by atoms with Crippen molar-refractivity contribution in [3.63, 3.8) is 0 Å². The minimum Gasteiger partial charge on any atom is -0.373 e. The molecule has 1 aromatic heterocycles. The molecule has 1 atom stereocenters. The van der Waals surface area contributed by atoms with Crippen LogP contribution in [0.5, 0.6) is 0 Å². The zero-order valence-electron chi connectivity index (χ0n) is 7.90. The lowest BCUT2D eigenvalue weighted by Gasteiger charge is -2.05. The maximum absolute atomic E-state index is 10.8. The smallest absolute Gasteiger partial charge is 0.293 e. The number of carbonyl (C=O) groups excluding carboxylic acids is 1. The summed E-state index contributed by atoms with van der Waals surface area (Å²) in [4.78, 5) is 14.7. The summed E-state index contributed by atoms with van der Waals surface area (Å²) < 4.78 is 9.80. The van der Waals surface area contributed by atoms with Crippen molar-refractivity contribution in [1.82, 2.24) is 10.1 Å². The van der Waals surface area contributed by atoms with Gasteiger partial charge in [-0.15, -0.1) is 0 Å². The number of carbonyl (C=O) groups is 1. The summed E-state index contributed by atoms with van der Waals surface area (Å²) in [7, 11) is 1.57. The maximum Gasteiger partial charge on any atom is 0.293 e. The van der Waals surface area contributed by atoms with E-state index < -0.39 is 0 Å². The molecule has 0 saturated carbocycles. The third-order valence-corrected chi connectivity index (χ3v) is 1.69. The normalized spacial score (nSPS) is 12.8. The lowest BCUT2D eigenvalue weighted by atomic mass is 10.2. The Bertz CT molecular complexity index is 291. The Morgan fingerprint density at radius 2 is 2.38 bits per heavy atom. The van der Waals surface area contributed by atoms with Crippen molar-refractivity contribution in [3.8, 4) is 0 Å². The average Bonchev–Trinajstić information content (AvgIpc) is 2.56. The topological polar surface area (TPSA) is 65.2 Å². The van der Waals surface area contributed by atoms with Gasteiger partial charge in [0.25, 0.3) is 5.89 Å². The molecule has 1 rings (SSSR count). The van der Waals surface area contributed by atoms with Crippen LogP contribution in [0, 0.1) is 0 Å². The van der Waals surface area contributed by atoms with Gasteiger partial charge in [0.2, 0.25) is 11.6 Å². The Morgan fingerprint density at radius 1 is 1.69 bits per heavy atom. The summed E-state index contributed by atoms with van der Waals surface area (Å²) in [6.07, 6.45) is 0.546. The van der Waals surface area contributed by atoms with Crippen molar-refractivity contribution >= 4 is 5.78 Å². The molecular formula is C8H12N2O3. The predicted octanol–water partition coefficient (Wildman–Crippen LogP) is 1.37. The van der Waals surface area contributed by atoms with Crippen LogP contribution in [0.1, 0.15) is 42.9 Å². The van der Waals surface area contributed by atoms with Crippen molar-refractivity contribution < 1.29 is 14.1 Å². The van der Waals surface area contributed by atoms with E-state index in [1.165, 1.54) is 6.92 Å². The van der Waals surface area contributed by atoms with E-state index in [4.69, 9.17) is 9.26 Å². The largest absolute Gasteiger partial charge is 0.373 e. The van der Waals surface area contributed by atoms with Crippen LogP contribution in [0.25, 0.3) is 0 Å². The van der Waals surface area contributed by atoms with Gasteiger partial charge in [-0.2, -0.15) is 4.98 Å². The van der Waals surface area contributed by atoms with E-state index >= 15 is 0 Å². The number of aromatic nitrogens is 2. The van der Waals surface area contributed by atoms with Gasteiger partial charge in [-0.25, -0.2) is 0 Å². The van der Waals surface area contributed by atoms with Crippen LogP contribution in [-0.4, -0.2) is 23.0 Å². The van der Waals surface area contributed by atoms with Crippen molar-refractivity contribution in [2.24, 2.45) is 0 Å². The van der Waals surface area contributed by atoms with E-state index in [2.05, 4.69) is 10.1 Å². The Hall–Kier alpha value is -1.23. The first-order valence-electron chi connectivity index (χ1n) is 4.06. The molecule has 1 heterocycles. The van der Waals surface area contributed by atoms with Gasteiger partial charge in [0, 0.05) is 14.0 Å². The third-order valence-electron chi connectivity index (χ3n) is 1.69. The molecule has 0 spiro atoms. The quantitative estimate of drug-likeness (QED) is 0.661. The second-order valence-corrected chi connectivity index (χ2v) is 2.65. The number of methoxy groups -OCH3 is 1. The molecule has 1 unspecified atom stereocenters. The molecule has 0 fully saturated rings. The van der Waals surface area contributed by atoms with Gasteiger partial charge >= 0.3 is 0 Å². The first-order valence-corrected chi connectivity index (χ1v) is 4.06. The first kappa shape index (κ1) is 9.85. The molecule has 1 aromatic rings. The highest BCUT2D eigenvalue weighted by molar-refractivity contribution is 5.89. The number of hydrogen-bond donors (Lipinski definition) is 0. The number of ketones is 1. The SMILES string of the molecule is CCC(OC)c1noc(C(C)=O)n1. The molecule has 0 N–H and O–H groups in total. The monoisotopic (exact) mass is 184 g/mol. The number of rotatable bonds is 4. The highest BCUT2D eigenvalue weighted by Crippen LogP contribution is 2.16. The number of Topliss-reactive ketones (excluding diaryl/α,β-unsaturated/α-hetero) is 1. The van der Waals surface area contributed by atoms with Crippen LogP contribution in [0.2, 0.25) is 0 Å². The van der Waals surface area contributed by atoms with Crippen LogP contribution in [0.4, 0.5) is 0 Å². The standard InChI is InChI=1S/C8H12N2O3/c1-4-6(12-3)7-9-8(5(2)11)13-10-7/h6H,4H2,1-3H3. The van der Waals surface area contributed by atoms with Crippen molar-refractivity contribution in [1.29, 1.82) is 0 Å². The van der Waals surface area contributed by atoms with Gasteiger partial charge in [-0.1, -0.05) is 12.1 Å². The summed E-state index contributed by atoms with van der Waals surface area (Å²) in [6.45, 7) is 3.32. The first-order chi connectivity index (χ1) is 6.19. The van der Waals surface area contributed by atoms with Crippen molar-refractivity contribution in [3.05, 3.63) is 11.7 Å². The molecule has 13 heavy (non-hydrogen) atoms. The van der Waals surface area contributed by atoms with Crippen LogP contribution >= 0.6 is 0 Å². The maximum atomic E-state index is 10.8. The number of ether oxygens (including phenoxy) is 1. The molecule has 0 aromatic carbocycles. The van der Waals surface area contributed by atoms with Gasteiger partial charge in [0.05, 0.1) is 0 Å². The van der Waals surface area contributed by atoms with E-state index in [0.717, 1.165) is 6.42 Å². The molecule has 0 saturated heterocycles. The molecule has 0 aliphatic heterocycles. The van der Waals surface area contributed by atoms with Crippen LogP contribution in [0.3, 0.4) is 0 Å². The molecule has 0 amide bonds. The molecule has 5 heteroatoms. The van der Waals surface area contributed by atoms with E-state index in [0.29, 0.717) is 5.82 Å². The lowest BCUT2D eigenvalue weighted by Crippen LogP contribution is -2.02. The molecule has 0 aliphatic rings. The summed E-state index contributed by atoms with van der Waals surface area (Å²) >= 11 is 0. The zero-order valence-corrected chi connectivity index (χ0v) is 7.90. The van der Waals surface area contributed by atoms with Crippen LogP contribution in [0.15, 0.2) is 4.52 Å². The van der Waals surface area contributed by atoms with E-state index in [-0.39, 0.29) is 17.8 Å². The summed E-state index contributed by atoms with van der Waals surface area (Å²) in [5.74, 6) is 0.227. The predicted molar refractivity (Wildman–Crippen MR) is 44.3 cm³/mol. The summed E-state index contributed by atoms with van der Waals surface area (Å²) in [6, 6.07) is 0. The fourth-order valence-electron chi connectivity index (χ4n) is 0.963. The highest BCUT2D eigenvalue weighted by atomic mass is 16.5. The minimum absolute atomic E-state index is 0.0329. The second kappa shape index (κ2) is 4.13. The second-order valence-electron chi connectivity index (χ2n) is 2.65. The molecule has 5 nitrogen and oxygen atoms in total. The molecule has 0 radical (unpaired) electrons. The fourth-order valence-corrected chi connectivity index (χ4v) is 0.963. The number of hydrogen-bond acceptors (Lipinski definition) is 5. The Balaban J connectivity index is 2.84. The van der Waals surface area contributed by atoms with Gasteiger partial charge < -0.3 is 9.26 Å². The molecule has 0 bridgehead atoms. The third kappa shape index (κ3) is 2.12. The van der Waals surface area contributed by atoms with Gasteiger partial charge in [-0.3, -0.25) is 4.79 Å². The van der Waals surface area contributed by atoms with E-state index in [9.17, 15) is 4.79 Å². The van der Waals surface area contributed by atoms with Crippen LogP contribution in [-0.2, 0) is 4.74 Å². The summed E-state index contributed by atoms with van der Waals surface area (Å²) in [5, 5.41) is 3.65. The Morgan fingerprint density at radius 3 is 2.77 bits per heavy atom. The van der Waals surface area contributed by atoms with Crippen LogP contribution < -0.4 is 0 Å². The van der Waals surface area contributed by atoms with Gasteiger partial charge in [0.1, 0.15) is 6.10 Å². The zero-order chi connectivity index (χ0) is 9.84. The number of nitrogens with zero attached hydrogens (tertiary/aromatic N) is 2. The molecule has 72 valence electrons. The lowest BCUT2D eigenvalue weighted by molar-refractivity contribution is 0.0901. The van der Waals surface area contributed by atoms with Gasteiger partial charge in [-0.05, 0) is 6.42 Å². The van der Waals surface area contributed by atoms with E-state index in [1.807, 2.05) is 6.92 Å². The Labute approximate surface area is 76.1 Å². The van der Waals surface area contributed by atoms with Crippen molar-refractivity contribution in [2.45, 2.75) is 26.4 Å². The van der Waals surface area contributed by atoms with E-state index in [1.54, 1.807) is 7.11 Å². The fraction of sp³-hybridized carbons (Fsp3) is 0.625. The van der Waals surface area contributed by atoms with Gasteiger partial charge in [0.15, 0.2) is 0 Å². The molecule has 0 aliphatic carbocycles. The average molecular weight is 184 g/mol. The minimum atomic E-state index is -0.232. The Kier molecular flexibility index (Phi) is 3.13. The highest BCUT2D eigenvalue weighted by Gasteiger charge is 2.17. The van der Waals surface area contributed by atoms with Crippen molar-refractivity contribution in [2.75, 3.05) is 7.11 Å². The molecular weight excluding hydrogens is 172 g/mol.